The number of hydrogen-bond donors (Lipinski definition) is 2. The maximum absolute atomic E-state index is 4.24. The normalized spacial score (nSPS) is 13.4. The first-order valence-corrected chi connectivity index (χ1v) is 4.76. The largest absolute Gasteiger partial charge is 0.289 e. The van der Waals surface area contributed by atoms with Gasteiger partial charge in [0, 0.05) is 0 Å². The van der Waals surface area contributed by atoms with E-state index in [0.29, 0.717) is 5.82 Å². The SMILES string of the molecule is CC(C)(C)n1cc([N+](C)(S)S)nn1. The van der Waals surface area contributed by atoms with Gasteiger partial charge in [0.05, 0.1) is 38.2 Å². The number of rotatable bonds is 1. The predicted octanol–water partition coefficient (Wildman–Crippen LogP) is 1.66. The van der Waals surface area contributed by atoms with Crippen molar-refractivity contribution in [2.75, 3.05) is 7.05 Å². The van der Waals surface area contributed by atoms with Crippen molar-refractivity contribution in [2.45, 2.75) is 26.3 Å². The lowest BCUT2D eigenvalue weighted by Gasteiger charge is -2.17. The summed E-state index contributed by atoms with van der Waals surface area (Å²) in [4.78, 5) is 0. The number of thiol groups is 2. The van der Waals surface area contributed by atoms with Crippen LogP contribution in [0.1, 0.15) is 20.8 Å². The summed E-state index contributed by atoms with van der Waals surface area (Å²) in [7, 11) is 1.81. The van der Waals surface area contributed by atoms with E-state index in [1.807, 2.05) is 13.2 Å². The van der Waals surface area contributed by atoms with Gasteiger partial charge in [0.2, 0.25) is 0 Å². The molecule has 1 aromatic heterocycles. The van der Waals surface area contributed by atoms with Crippen LogP contribution in [-0.4, -0.2) is 22.0 Å². The Morgan fingerprint density at radius 2 is 1.92 bits per heavy atom. The van der Waals surface area contributed by atoms with Crippen LogP contribution in [0, 0.1) is 0 Å². The first-order chi connectivity index (χ1) is 5.71. The Bertz CT molecular complexity index is 266. The van der Waals surface area contributed by atoms with Crippen LogP contribution in [0.3, 0.4) is 0 Å². The van der Waals surface area contributed by atoms with Crippen molar-refractivity contribution in [3.63, 3.8) is 0 Å². The quantitative estimate of drug-likeness (QED) is 0.556. The second kappa shape index (κ2) is 3.18. The summed E-state index contributed by atoms with van der Waals surface area (Å²) in [5.74, 6) is 0.710. The van der Waals surface area contributed by atoms with Crippen LogP contribution in [0.2, 0.25) is 0 Å². The highest BCUT2D eigenvalue weighted by atomic mass is 32.2. The van der Waals surface area contributed by atoms with Crippen molar-refractivity contribution >= 4 is 31.4 Å². The molecule has 0 bridgehead atoms. The molecule has 1 heterocycles. The second-order valence-corrected chi connectivity index (χ2v) is 6.02. The van der Waals surface area contributed by atoms with E-state index in [4.69, 9.17) is 0 Å². The van der Waals surface area contributed by atoms with Crippen LogP contribution in [0.4, 0.5) is 5.82 Å². The lowest BCUT2D eigenvalue weighted by atomic mass is 10.1. The lowest BCUT2D eigenvalue weighted by Crippen LogP contribution is -2.23. The smallest absolute Gasteiger partial charge is 0.241 e. The Morgan fingerprint density at radius 1 is 1.38 bits per heavy atom. The Labute approximate surface area is 89.6 Å². The summed E-state index contributed by atoms with van der Waals surface area (Å²) in [5.41, 5.74) is -0.0536. The van der Waals surface area contributed by atoms with Gasteiger partial charge < -0.3 is 0 Å². The highest BCUT2D eigenvalue weighted by molar-refractivity contribution is 7.97. The average molecular weight is 219 g/mol. The van der Waals surface area contributed by atoms with Crippen LogP contribution >= 0.6 is 25.6 Å². The molecule has 0 saturated carbocycles. The number of hydrogen-bond acceptors (Lipinski definition) is 4. The van der Waals surface area contributed by atoms with Crippen LogP contribution in [0.15, 0.2) is 6.20 Å². The molecule has 0 aromatic carbocycles. The Balaban J connectivity index is 3.01. The van der Waals surface area contributed by atoms with Gasteiger partial charge in [-0.15, -0.1) is 0 Å². The van der Waals surface area contributed by atoms with E-state index in [0.717, 1.165) is 0 Å². The predicted molar refractivity (Wildman–Crippen MR) is 60.7 cm³/mol. The number of nitrogens with zero attached hydrogens (tertiary/aromatic N) is 4. The third kappa shape index (κ3) is 2.62. The molecule has 0 unspecified atom stereocenters. The summed E-state index contributed by atoms with van der Waals surface area (Å²) in [6, 6.07) is 0. The van der Waals surface area contributed by atoms with Crippen LogP contribution < -0.4 is 3.29 Å². The van der Waals surface area contributed by atoms with Crippen molar-refractivity contribution in [1.82, 2.24) is 18.3 Å². The molecule has 0 amide bonds. The monoisotopic (exact) mass is 219 g/mol. The molecule has 0 spiro atoms. The fourth-order valence-electron chi connectivity index (χ4n) is 0.777. The Hall–Kier alpha value is -0.200. The van der Waals surface area contributed by atoms with E-state index < -0.39 is 0 Å². The zero-order valence-electron chi connectivity index (χ0n) is 8.26. The highest BCUT2D eigenvalue weighted by Crippen LogP contribution is 2.24. The summed E-state index contributed by atoms with van der Waals surface area (Å²) in [6.07, 6.45) is 1.85. The van der Waals surface area contributed by atoms with Gasteiger partial charge in [-0.2, -0.15) is 3.29 Å². The maximum atomic E-state index is 4.24. The number of aromatic nitrogens is 3. The van der Waals surface area contributed by atoms with E-state index in [2.05, 4.69) is 56.7 Å². The average Bonchev–Trinajstić information content (AvgIpc) is 2.28. The van der Waals surface area contributed by atoms with E-state index in [-0.39, 0.29) is 8.83 Å². The van der Waals surface area contributed by atoms with Gasteiger partial charge in [0.1, 0.15) is 6.20 Å². The molecular weight excluding hydrogens is 204 g/mol. The van der Waals surface area contributed by atoms with Crippen LogP contribution in [0.5, 0.6) is 0 Å². The molecule has 0 radical (unpaired) electrons. The third-order valence-corrected chi connectivity index (χ3v) is 2.01. The second-order valence-electron chi connectivity index (χ2n) is 4.11. The van der Waals surface area contributed by atoms with E-state index in [1.54, 1.807) is 4.68 Å². The lowest BCUT2D eigenvalue weighted by molar-refractivity contribution is 0.347. The van der Waals surface area contributed by atoms with Gasteiger partial charge in [-0.1, -0.05) is 10.3 Å². The molecule has 6 heteroatoms. The maximum Gasteiger partial charge on any atom is 0.289 e. The van der Waals surface area contributed by atoms with Crippen LogP contribution in [0.25, 0.3) is 0 Å². The fourth-order valence-corrected chi connectivity index (χ4v) is 0.960. The molecule has 0 saturated heterocycles. The van der Waals surface area contributed by atoms with E-state index in [1.165, 1.54) is 0 Å². The summed E-state index contributed by atoms with van der Waals surface area (Å²) >= 11 is 8.48. The third-order valence-electron chi connectivity index (χ3n) is 1.60. The molecule has 0 N–H and O–H groups in total. The minimum atomic E-state index is -0.0536. The Kier molecular flexibility index (Phi) is 2.66. The van der Waals surface area contributed by atoms with Gasteiger partial charge in [0.25, 0.3) is 5.82 Å². The molecule has 4 nitrogen and oxygen atoms in total. The molecule has 0 atom stereocenters. The van der Waals surface area contributed by atoms with E-state index >= 15 is 0 Å². The highest BCUT2D eigenvalue weighted by Gasteiger charge is 2.24. The van der Waals surface area contributed by atoms with Gasteiger partial charge in [-0.05, 0) is 20.8 Å². The molecular formula is C7H15N4S2+. The van der Waals surface area contributed by atoms with Crippen molar-refractivity contribution in [2.24, 2.45) is 0 Å². The minimum Gasteiger partial charge on any atom is -0.241 e. The molecule has 13 heavy (non-hydrogen) atoms. The zero-order chi connectivity index (χ0) is 10.3. The fraction of sp³-hybridized carbons (Fsp3) is 0.714. The summed E-state index contributed by atoms with van der Waals surface area (Å²) in [6.45, 7) is 6.19. The molecule has 0 aliphatic rings. The van der Waals surface area contributed by atoms with Crippen molar-refractivity contribution in [1.29, 1.82) is 0 Å². The number of quaternary nitrogens is 1. The first kappa shape index (κ1) is 10.9. The molecule has 0 fully saturated rings. The Morgan fingerprint density at radius 3 is 2.15 bits per heavy atom. The molecule has 0 aliphatic carbocycles. The van der Waals surface area contributed by atoms with Crippen LogP contribution in [-0.2, 0) is 5.54 Å². The standard InChI is InChI=1S/C7H15N4S2/c1-7(2,3)10-5-6(8-9-10)11(4,12)13/h5,12-13H,1-4H3/q+1. The topological polar surface area (TPSA) is 30.7 Å². The zero-order valence-corrected chi connectivity index (χ0v) is 10.0. The summed E-state index contributed by atoms with van der Waals surface area (Å²) in [5, 5.41) is 7.99. The van der Waals surface area contributed by atoms with Crippen molar-refractivity contribution in [3.8, 4) is 0 Å². The van der Waals surface area contributed by atoms with Gasteiger partial charge >= 0.3 is 0 Å². The van der Waals surface area contributed by atoms with Crippen molar-refractivity contribution < 1.29 is 0 Å². The van der Waals surface area contributed by atoms with Gasteiger partial charge in [0.15, 0.2) is 0 Å². The molecule has 1 aromatic rings. The summed E-state index contributed by atoms with van der Waals surface area (Å²) < 4.78 is 1.89. The molecule has 0 aliphatic heterocycles. The molecule has 74 valence electrons. The van der Waals surface area contributed by atoms with E-state index in [9.17, 15) is 0 Å². The van der Waals surface area contributed by atoms with Gasteiger partial charge in [-0.25, -0.2) is 4.68 Å². The minimum absolute atomic E-state index is 0.0536. The van der Waals surface area contributed by atoms with Crippen molar-refractivity contribution in [3.05, 3.63) is 6.20 Å². The molecule has 1 rings (SSSR count). The first-order valence-electron chi connectivity index (χ1n) is 3.96. The van der Waals surface area contributed by atoms with Gasteiger partial charge in [-0.3, -0.25) is 0 Å².